The summed E-state index contributed by atoms with van der Waals surface area (Å²) in [6.45, 7) is 5.77. The van der Waals surface area contributed by atoms with Crippen molar-refractivity contribution in [2.24, 2.45) is 0 Å². The van der Waals surface area contributed by atoms with Crippen LogP contribution in [0.2, 0.25) is 5.02 Å². The van der Waals surface area contributed by atoms with Gasteiger partial charge in [0.05, 0.1) is 10.7 Å². The minimum Gasteiger partial charge on any atom is -0.483 e. The molecule has 4 aromatic rings. The van der Waals surface area contributed by atoms with Crippen molar-refractivity contribution < 1.29 is 13.9 Å². The second-order valence-electron chi connectivity index (χ2n) is 7.67. The molecule has 2 N–H and O–H groups in total. The lowest BCUT2D eigenvalue weighted by Gasteiger charge is -2.13. The molecule has 8 heteroatoms. The zero-order chi connectivity index (χ0) is 23.5. The smallest absolute Gasteiger partial charge is 0.264 e. The summed E-state index contributed by atoms with van der Waals surface area (Å²) in [7, 11) is 0. The molecule has 0 bridgehead atoms. The number of hydrogen-bond donors (Lipinski definition) is 2. The molecule has 0 radical (unpaired) electrons. The maximum Gasteiger partial charge on any atom is 0.264 e. The molecule has 33 heavy (non-hydrogen) atoms. The Labute approximate surface area is 201 Å². The largest absolute Gasteiger partial charge is 0.483 e. The van der Waals surface area contributed by atoms with Crippen molar-refractivity contribution in [3.05, 3.63) is 76.3 Å². The Bertz CT molecular complexity index is 1370. The lowest BCUT2D eigenvalue weighted by atomic mass is 10.1. The van der Waals surface area contributed by atoms with Gasteiger partial charge in [-0.1, -0.05) is 29.8 Å². The molecule has 0 aliphatic heterocycles. The first-order chi connectivity index (χ1) is 15.8. The van der Waals surface area contributed by atoms with Gasteiger partial charge in [0.25, 0.3) is 5.91 Å². The fourth-order valence-corrected chi connectivity index (χ4v) is 3.64. The molecular formula is C25H22ClN3O3S. The summed E-state index contributed by atoms with van der Waals surface area (Å²) in [5.74, 6) is 0.746. The number of anilines is 1. The third-order valence-corrected chi connectivity index (χ3v) is 5.70. The summed E-state index contributed by atoms with van der Waals surface area (Å²) in [6.07, 6.45) is 0. The number of carbonyl (C=O) groups is 1. The predicted molar refractivity (Wildman–Crippen MR) is 135 cm³/mol. The minimum absolute atomic E-state index is 0.108. The van der Waals surface area contributed by atoms with Crippen molar-refractivity contribution >= 4 is 51.6 Å². The van der Waals surface area contributed by atoms with E-state index < -0.39 is 0 Å². The van der Waals surface area contributed by atoms with Gasteiger partial charge in [-0.05, 0) is 86.1 Å². The van der Waals surface area contributed by atoms with E-state index in [1.165, 1.54) is 0 Å². The quantitative estimate of drug-likeness (QED) is 0.344. The number of ether oxygens (including phenoxy) is 1. The van der Waals surface area contributed by atoms with Gasteiger partial charge in [0.15, 0.2) is 17.3 Å². The first-order valence-corrected chi connectivity index (χ1v) is 11.1. The van der Waals surface area contributed by atoms with Crippen LogP contribution < -0.4 is 15.4 Å². The number of aromatic nitrogens is 1. The molecule has 0 spiro atoms. The summed E-state index contributed by atoms with van der Waals surface area (Å²) in [4.78, 5) is 16.8. The molecule has 0 aliphatic carbocycles. The van der Waals surface area contributed by atoms with Gasteiger partial charge in [-0.15, -0.1) is 0 Å². The van der Waals surface area contributed by atoms with Crippen molar-refractivity contribution in [3.8, 4) is 17.2 Å². The second kappa shape index (κ2) is 9.60. The van der Waals surface area contributed by atoms with Crippen LogP contribution in [0, 0.1) is 20.8 Å². The van der Waals surface area contributed by atoms with Gasteiger partial charge >= 0.3 is 0 Å². The summed E-state index contributed by atoms with van der Waals surface area (Å²) >= 11 is 11.6. The van der Waals surface area contributed by atoms with E-state index >= 15 is 0 Å². The van der Waals surface area contributed by atoms with E-state index in [1.807, 2.05) is 63.2 Å². The van der Waals surface area contributed by atoms with Gasteiger partial charge < -0.3 is 14.5 Å². The van der Waals surface area contributed by atoms with Crippen LogP contribution in [-0.4, -0.2) is 22.6 Å². The zero-order valence-electron chi connectivity index (χ0n) is 18.4. The molecule has 0 saturated carbocycles. The van der Waals surface area contributed by atoms with Crippen LogP contribution >= 0.6 is 23.8 Å². The molecule has 3 aromatic carbocycles. The molecule has 0 saturated heterocycles. The molecule has 168 valence electrons. The topological polar surface area (TPSA) is 76.4 Å². The first kappa shape index (κ1) is 22.8. The fraction of sp³-hybridized carbons (Fsp3) is 0.160. The molecule has 1 heterocycles. The number of rotatable bonds is 5. The molecule has 4 rings (SSSR count). The van der Waals surface area contributed by atoms with Gasteiger partial charge in [-0.3, -0.25) is 10.1 Å². The number of halogens is 1. The number of aryl methyl sites for hydroxylation is 2. The molecular weight excluding hydrogens is 458 g/mol. The Morgan fingerprint density at radius 1 is 1.12 bits per heavy atom. The highest BCUT2D eigenvalue weighted by Gasteiger charge is 2.13. The maximum atomic E-state index is 12.3. The van der Waals surface area contributed by atoms with Crippen molar-refractivity contribution in [2.75, 3.05) is 11.9 Å². The van der Waals surface area contributed by atoms with Crippen LogP contribution in [0.1, 0.15) is 16.7 Å². The summed E-state index contributed by atoms with van der Waals surface area (Å²) in [5.41, 5.74) is 5.91. The Kier molecular flexibility index (Phi) is 6.62. The molecule has 1 amide bonds. The maximum absolute atomic E-state index is 12.3. The van der Waals surface area contributed by atoms with E-state index in [4.69, 9.17) is 33.0 Å². The van der Waals surface area contributed by atoms with Crippen molar-refractivity contribution in [1.82, 2.24) is 10.3 Å². The van der Waals surface area contributed by atoms with Gasteiger partial charge in [0.1, 0.15) is 11.3 Å². The molecule has 0 atom stereocenters. The van der Waals surface area contributed by atoms with Gasteiger partial charge in [0, 0.05) is 5.56 Å². The number of fused-ring (bicyclic) bond motifs is 1. The van der Waals surface area contributed by atoms with Gasteiger partial charge in [-0.2, -0.15) is 0 Å². The third kappa shape index (κ3) is 5.32. The summed E-state index contributed by atoms with van der Waals surface area (Å²) < 4.78 is 11.5. The lowest BCUT2D eigenvalue weighted by molar-refractivity contribution is -0.121. The van der Waals surface area contributed by atoms with Gasteiger partial charge in [-0.25, -0.2) is 4.98 Å². The van der Waals surface area contributed by atoms with E-state index in [-0.39, 0.29) is 17.6 Å². The Morgan fingerprint density at radius 3 is 2.76 bits per heavy atom. The van der Waals surface area contributed by atoms with Crippen LogP contribution in [0.25, 0.3) is 22.6 Å². The molecule has 0 aliphatic rings. The second-order valence-corrected chi connectivity index (χ2v) is 8.49. The highest BCUT2D eigenvalue weighted by Crippen LogP contribution is 2.30. The average Bonchev–Trinajstić information content (AvgIpc) is 3.19. The zero-order valence-corrected chi connectivity index (χ0v) is 19.9. The monoisotopic (exact) mass is 479 g/mol. The number of nitrogens with one attached hydrogen (secondary N) is 2. The van der Waals surface area contributed by atoms with Crippen molar-refractivity contribution in [1.29, 1.82) is 0 Å². The van der Waals surface area contributed by atoms with Crippen LogP contribution in [0.15, 0.2) is 59.0 Å². The highest BCUT2D eigenvalue weighted by molar-refractivity contribution is 7.80. The van der Waals surface area contributed by atoms with Crippen LogP contribution in [0.4, 0.5) is 5.69 Å². The summed E-state index contributed by atoms with van der Waals surface area (Å²) in [6, 6.07) is 16.8. The number of benzene rings is 3. The van der Waals surface area contributed by atoms with Crippen LogP contribution in [-0.2, 0) is 4.79 Å². The van der Waals surface area contributed by atoms with E-state index in [9.17, 15) is 4.79 Å². The normalized spacial score (nSPS) is 10.8. The number of carbonyl (C=O) groups excluding carboxylic acids is 1. The SMILES string of the molecule is Cc1ccc2oc(-c3ccc(Cl)c(NC(=S)NC(=O)COc4cccc(C)c4C)c3)nc2c1. The third-order valence-electron chi connectivity index (χ3n) is 5.17. The van der Waals surface area contributed by atoms with E-state index in [0.717, 1.165) is 27.8 Å². The van der Waals surface area contributed by atoms with E-state index in [0.29, 0.717) is 27.9 Å². The Morgan fingerprint density at radius 2 is 1.94 bits per heavy atom. The van der Waals surface area contributed by atoms with E-state index in [2.05, 4.69) is 15.6 Å². The standard InChI is InChI=1S/C25H22ClN3O3S/c1-14-7-10-22-20(11-14)27-24(32-22)17-8-9-18(26)19(12-17)28-25(33)29-23(30)13-31-21-6-4-5-15(2)16(21)3/h4-12H,13H2,1-3H3,(H2,28,29,30,33). The molecule has 1 aromatic heterocycles. The van der Waals surface area contributed by atoms with E-state index in [1.54, 1.807) is 12.1 Å². The number of thiocarbonyl (C=S) groups is 1. The number of nitrogens with zero attached hydrogens (tertiary/aromatic N) is 1. The molecule has 0 fully saturated rings. The minimum atomic E-state index is -0.380. The Hall–Kier alpha value is -3.42. The van der Waals surface area contributed by atoms with Gasteiger partial charge in [0.2, 0.25) is 5.89 Å². The van der Waals surface area contributed by atoms with Crippen molar-refractivity contribution in [2.45, 2.75) is 20.8 Å². The molecule has 0 unspecified atom stereocenters. The highest BCUT2D eigenvalue weighted by atomic mass is 35.5. The number of amides is 1. The predicted octanol–water partition coefficient (Wildman–Crippen LogP) is 5.97. The molecule has 6 nitrogen and oxygen atoms in total. The van der Waals surface area contributed by atoms with Crippen LogP contribution in [0.3, 0.4) is 0 Å². The Balaban J connectivity index is 1.42. The first-order valence-electron chi connectivity index (χ1n) is 10.3. The number of hydrogen-bond acceptors (Lipinski definition) is 5. The summed E-state index contributed by atoms with van der Waals surface area (Å²) in [5, 5.41) is 6.11. The average molecular weight is 480 g/mol. The van der Waals surface area contributed by atoms with Crippen LogP contribution in [0.5, 0.6) is 5.75 Å². The lowest BCUT2D eigenvalue weighted by Crippen LogP contribution is -2.37. The number of oxazole rings is 1. The fourth-order valence-electron chi connectivity index (χ4n) is 3.26. The van der Waals surface area contributed by atoms with Crippen molar-refractivity contribution in [3.63, 3.8) is 0 Å².